The lowest BCUT2D eigenvalue weighted by molar-refractivity contribution is -0.274. The van der Waals surface area contributed by atoms with Crippen LogP contribution in [0.4, 0.5) is 19.1 Å². The van der Waals surface area contributed by atoms with Gasteiger partial charge in [0.25, 0.3) is 5.91 Å². The average Bonchev–Trinajstić information content (AvgIpc) is 3.38. The first-order valence-corrected chi connectivity index (χ1v) is 12.0. The Morgan fingerprint density at radius 3 is 2.59 bits per heavy atom. The molecule has 2 aliphatic rings. The van der Waals surface area contributed by atoms with E-state index in [4.69, 9.17) is 5.26 Å². The minimum Gasteiger partial charge on any atom is -0.406 e. The van der Waals surface area contributed by atoms with Crippen LogP contribution >= 0.6 is 0 Å². The van der Waals surface area contributed by atoms with Crippen molar-refractivity contribution in [1.82, 2.24) is 25.1 Å². The van der Waals surface area contributed by atoms with Crippen LogP contribution in [0.3, 0.4) is 0 Å². The molecule has 1 saturated carbocycles. The highest BCUT2D eigenvalue weighted by Crippen LogP contribution is 2.42. The molecule has 1 atom stereocenters. The van der Waals surface area contributed by atoms with Gasteiger partial charge in [-0.2, -0.15) is 14.9 Å². The molecule has 2 aromatic heterocycles. The van der Waals surface area contributed by atoms with Crippen molar-refractivity contribution in [2.75, 3.05) is 18.0 Å². The molecule has 1 N–H and O–H groups in total. The summed E-state index contributed by atoms with van der Waals surface area (Å²) in [7, 11) is 0. The van der Waals surface area contributed by atoms with Gasteiger partial charge in [0.05, 0.1) is 11.6 Å². The van der Waals surface area contributed by atoms with Crippen LogP contribution in [0, 0.1) is 11.3 Å². The smallest absolute Gasteiger partial charge is 0.406 e. The van der Waals surface area contributed by atoms with Gasteiger partial charge >= 0.3 is 6.36 Å². The normalized spacial score (nSPS) is 16.4. The maximum atomic E-state index is 13.2. The number of hydrogen-bond donors (Lipinski definition) is 1. The first kappa shape index (κ1) is 24.5. The van der Waals surface area contributed by atoms with Crippen LogP contribution in [-0.4, -0.2) is 45.1 Å². The van der Waals surface area contributed by atoms with Crippen molar-refractivity contribution in [2.24, 2.45) is 0 Å². The highest BCUT2D eigenvalue weighted by molar-refractivity contribution is 5.95. The van der Waals surface area contributed by atoms with Gasteiger partial charge in [-0.25, -0.2) is 4.98 Å². The Bertz CT molecular complexity index is 1340. The van der Waals surface area contributed by atoms with Crippen molar-refractivity contribution in [3.8, 4) is 17.6 Å². The fourth-order valence-electron chi connectivity index (χ4n) is 4.33. The van der Waals surface area contributed by atoms with Crippen LogP contribution in [-0.2, 0) is 0 Å². The number of pyridine rings is 1. The molecule has 1 aromatic carbocycles. The van der Waals surface area contributed by atoms with Crippen molar-refractivity contribution < 1.29 is 22.7 Å². The molecule has 1 aliphatic carbocycles. The first-order chi connectivity index (χ1) is 17.7. The third-order valence-corrected chi connectivity index (χ3v) is 6.31. The lowest BCUT2D eigenvalue weighted by Crippen LogP contribution is -2.29. The number of ether oxygens (including phenoxy) is 1. The molecule has 9 nitrogen and oxygen atoms in total. The quantitative estimate of drug-likeness (QED) is 0.501. The van der Waals surface area contributed by atoms with Crippen LogP contribution in [0.15, 0.2) is 36.5 Å². The average molecular weight is 512 g/mol. The lowest BCUT2D eigenvalue weighted by Gasteiger charge is -2.16. The second kappa shape index (κ2) is 9.72. The molecule has 192 valence electrons. The standard InChI is InChI=1S/C25H24F3N7O2/c1-15(31-23(36)19-10-18(17-5-6-17)11-20(12-19)37-25(26,27)28)22-32-24(34-8-2-3-9-34)33-35(22)21-7-4-16(13-29)14-30-21/h4,7,10-12,14-15,17H,2-3,5-6,8-9H2,1H3,(H,31,36)/t15-/m0/s1. The Morgan fingerprint density at radius 2 is 1.97 bits per heavy atom. The van der Waals surface area contributed by atoms with E-state index in [1.54, 1.807) is 25.1 Å². The maximum Gasteiger partial charge on any atom is 0.573 e. The van der Waals surface area contributed by atoms with Gasteiger partial charge in [-0.3, -0.25) is 4.79 Å². The van der Waals surface area contributed by atoms with Gasteiger partial charge in [-0.05, 0) is 74.4 Å². The molecular formula is C25H24F3N7O2. The van der Waals surface area contributed by atoms with E-state index in [1.165, 1.54) is 16.9 Å². The Labute approximate surface area is 210 Å². The van der Waals surface area contributed by atoms with Gasteiger partial charge < -0.3 is 15.0 Å². The van der Waals surface area contributed by atoms with Crippen LogP contribution < -0.4 is 15.0 Å². The lowest BCUT2D eigenvalue weighted by atomic mass is 10.1. The number of aromatic nitrogens is 4. The highest BCUT2D eigenvalue weighted by atomic mass is 19.4. The molecule has 1 aliphatic heterocycles. The zero-order chi connectivity index (χ0) is 26.2. The van der Waals surface area contributed by atoms with E-state index < -0.39 is 24.1 Å². The fraction of sp³-hybridized carbons (Fsp3) is 0.400. The van der Waals surface area contributed by atoms with Gasteiger partial charge in [0, 0.05) is 24.8 Å². The van der Waals surface area contributed by atoms with E-state index in [0.717, 1.165) is 44.8 Å². The molecule has 0 unspecified atom stereocenters. The Balaban J connectivity index is 1.43. The van der Waals surface area contributed by atoms with Crippen LogP contribution in [0.2, 0.25) is 0 Å². The van der Waals surface area contributed by atoms with Crippen LogP contribution in [0.5, 0.6) is 5.75 Å². The first-order valence-electron chi connectivity index (χ1n) is 12.0. The molecule has 0 radical (unpaired) electrons. The van der Waals surface area contributed by atoms with Crippen LogP contribution in [0.25, 0.3) is 5.82 Å². The van der Waals surface area contributed by atoms with E-state index in [-0.39, 0.29) is 11.5 Å². The van der Waals surface area contributed by atoms with Gasteiger partial charge in [0.2, 0.25) is 5.95 Å². The number of rotatable bonds is 7. The topological polar surface area (TPSA) is 109 Å². The molecule has 3 heterocycles. The third-order valence-electron chi connectivity index (χ3n) is 6.31. The van der Waals surface area contributed by atoms with Crippen molar-refractivity contribution in [3.63, 3.8) is 0 Å². The van der Waals surface area contributed by atoms with Crippen molar-refractivity contribution >= 4 is 11.9 Å². The number of nitrogens with one attached hydrogen (secondary N) is 1. The minimum atomic E-state index is -4.86. The van der Waals surface area contributed by atoms with Gasteiger partial charge in [-0.15, -0.1) is 18.3 Å². The minimum absolute atomic E-state index is 0.0674. The third kappa shape index (κ3) is 5.66. The highest BCUT2D eigenvalue weighted by Gasteiger charge is 2.33. The summed E-state index contributed by atoms with van der Waals surface area (Å²) in [6.45, 7) is 3.33. The maximum absolute atomic E-state index is 13.2. The number of nitrogens with zero attached hydrogens (tertiary/aromatic N) is 6. The molecule has 0 spiro atoms. The predicted molar refractivity (Wildman–Crippen MR) is 126 cm³/mol. The largest absolute Gasteiger partial charge is 0.573 e. The van der Waals surface area contributed by atoms with Gasteiger partial charge in [0.15, 0.2) is 11.6 Å². The van der Waals surface area contributed by atoms with E-state index in [0.29, 0.717) is 28.7 Å². The molecule has 3 aromatic rings. The Kier molecular flexibility index (Phi) is 6.45. The summed E-state index contributed by atoms with van der Waals surface area (Å²) >= 11 is 0. The second-order valence-corrected chi connectivity index (χ2v) is 9.20. The second-order valence-electron chi connectivity index (χ2n) is 9.20. The summed E-state index contributed by atoms with van der Waals surface area (Å²) in [6.07, 6.45) is 0.306. The summed E-state index contributed by atoms with van der Waals surface area (Å²) in [4.78, 5) is 24.2. The number of amides is 1. The molecule has 0 bridgehead atoms. The number of halogens is 3. The SMILES string of the molecule is C[C@H](NC(=O)c1cc(OC(F)(F)F)cc(C2CC2)c1)c1nc(N2CCCC2)nn1-c1ccc(C#N)cn1. The Hall–Kier alpha value is -4.14. The Morgan fingerprint density at radius 1 is 1.22 bits per heavy atom. The van der Waals surface area contributed by atoms with Crippen molar-refractivity contribution in [3.05, 3.63) is 59.0 Å². The molecule has 1 saturated heterocycles. The molecule has 37 heavy (non-hydrogen) atoms. The number of carbonyl (C=O) groups excluding carboxylic acids is 1. The van der Waals surface area contributed by atoms with Gasteiger partial charge in [-0.1, -0.05) is 0 Å². The monoisotopic (exact) mass is 511 g/mol. The van der Waals surface area contributed by atoms with E-state index in [2.05, 4.69) is 25.1 Å². The number of nitriles is 1. The van der Waals surface area contributed by atoms with Gasteiger partial charge in [0.1, 0.15) is 11.8 Å². The summed E-state index contributed by atoms with van der Waals surface area (Å²) in [5.41, 5.74) is 1.10. The molecule has 5 rings (SSSR count). The summed E-state index contributed by atoms with van der Waals surface area (Å²) < 4.78 is 44.2. The molecular weight excluding hydrogens is 487 g/mol. The van der Waals surface area contributed by atoms with Crippen molar-refractivity contribution in [1.29, 1.82) is 5.26 Å². The number of hydrogen-bond acceptors (Lipinski definition) is 7. The zero-order valence-electron chi connectivity index (χ0n) is 20.0. The zero-order valence-corrected chi connectivity index (χ0v) is 20.0. The summed E-state index contributed by atoms with van der Waals surface area (Å²) in [6, 6.07) is 8.63. The molecule has 1 amide bonds. The van der Waals surface area contributed by atoms with E-state index in [1.807, 2.05) is 11.0 Å². The summed E-state index contributed by atoms with van der Waals surface area (Å²) in [5, 5.41) is 16.5. The summed E-state index contributed by atoms with van der Waals surface area (Å²) in [5.74, 6) is 0.455. The number of benzene rings is 1. The number of carbonyl (C=O) groups is 1. The van der Waals surface area contributed by atoms with E-state index in [9.17, 15) is 18.0 Å². The van der Waals surface area contributed by atoms with Crippen LogP contribution in [0.1, 0.15) is 71.9 Å². The van der Waals surface area contributed by atoms with E-state index >= 15 is 0 Å². The molecule has 12 heteroatoms. The predicted octanol–water partition coefficient (Wildman–Crippen LogP) is 4.40. The fourth-order valence-corrected chi connectivity index (χ4v) is 4.33. The van der Waals surface area contributed by atoms with Crippen molar-refractivity contribution in [2.45, 2.75) is 50.9 Å². The number of alkyl halides is 3. The number of anilines is 1. The molecule has 2 fully saturated rings.